The highest BCUT2D eigenvalue weighted by Crippen LogP contribution is 2.32. The summed E-state index contributed by atoms with van der Waals surface area (Å²) in [7, 11) is 0. The van der Waals surface area contributed by atoms with Gasteiger partial charge in [0.15, 0.2) is 0 Å². The third kappa shape index (κ3) is 3.70. The molecular weight excluding hydrogens is 320 g/mol. The second-order valence-electron chi connectivity index (χ2n) is 6.97. The van der Waals surface area contributed by atoms with Gasteiger partial charge in [-0.1, -0.05) is 36.4 Å². The first-order chi connectivity index (χ1) is 12.8. The Bertz CT molecular complexity index is 840. The predicted octanol–water partition coefficient (Wildman–Crippen LogP) is 4.23. The quantitative estimate of drug-likeness (QED) is 0.670. The second-order valence-corrected chi connectivity index (χ2v) is 6.97. The maximum Gasteiger partial charge on any atom is 0.122 e. The van der Waals surface area contributed by atoms with Crippen molar-refractivity contribution in [2.24, 2.45) is 0 Å². The van der Waals surface area contributed by atoms with E-state index in [-0.39, 0.29) is 0 Å². The summed E-state index contributed by atoms with van der Waals surface area (Å²) in [6, 6.07) is 17.5. The van der Waals surface area contributed by atoms with Crippen LogP contribution in [-0.4, -0.2) is 26.0 Å². The maximum atomic E-state index is 5.00. The Morgan fingerprint density at radius 1 is 1.08 bits per heavy atom. The normalized spacial score (nSPS) is 17.7. The van der Waals surface area contributed by atoms with E-state index in [0.29, 0.717) is 6.04 Å². The zero-order chi connectivity index (χ0) is 17.8. The summed E-state index contributed by atoms with van der Waals surface area (Å²) in [4.78, 5) is 12.1. The molecular formula is C22H26N4. The third-order valence-corrected chi connectivity index (χ3v) is 5.25. The minimum absolute atomic E-state index is 0.396. The lowest BCUT2D eigenvalue weighted by Crippen LogP contribution is -2.25. The number of aryl methyl sites for hydroxylation is 1. The van der Waals surface area contributed by atoms with Gasteiger partial charge < -0.3 is 4.57 Å². The van der Waals surface area contributed by atoms with E-state index in [4.69, 9.17) is 4.98 Å². The average Bonchev–Trinajstić information content (AvgIpc) is 3.32. The SMILES string of the molecule is CCn1ccnc1CN1CCC[C@@H]1c1cccc(Cc2ccccc2)n1. The number of likely N-dealkylation sites (tertiary alicyclic amines) is 1. The zero-order valence-electron chi connectivity index (χ0n) is 15.4. The summed E-state index contributed by atoms with van der Waals surface area (Å²) in [5.74, 6) is 1.15. The molecule has 4 nitrogen and oxygen atoms in total. The smallest absolute Gasteiger partial charge is 0.122 e. The highest BCUT2D eigenvalue weighted by molar-refractivity contribution is 5.24. The van der Waals surface area contributed by atoms with Crippen LogP contribution in [0, 0.1) is 0 Å². The number of rotatable bonds is 6. The van der Waals surface area contributed by atoms with Crippen molar-refractivity contribution in [3.05, 3.63) is 83.7 Å². The fourth-order valence-electron chi connectivity index (χ4n) is 3.90. The summed E-state index contributed by atoms with van der Waals surface area (Å²) in [6.07, 6.45) is 7.26. The molecule has 26 heavy (non-hydrogen) atoms. The molecule has 1 fully saturated rings. The van der Waals surface area contributed by atoms with Gasteiger partial charge >= 0.3 is 0 Å². The molecule has 1 atom stereocenters. The topological polar surface area (TPSA) is 34.0 Å². The lowest BCUT2D eigenvalue weighted by Gasteiger charge is -2.24. The molecule has 1 aliphatic rings. The van der Waals surface area contributed by atoms with E-state index < -0.39 is 0 Å². The first-order valence-electron chi connectivity index (χ1n) is 9.57. The van der Waals surface area contributed by atoms with Crippen molar-refractivity contribution in [3.8, 4) is 0 Å². The average molecular weight is 346 g/mol. The van der Waals surface area contributed by atoms with Gasteiger partial charge in [-0.15, -0.1) is 0 Å². The Balaban J connectivity index is 1.51. The molecule has 1 aliphatic heterocycles. The Morgan fingerprint density at radius 2 is 1.96 bits per heavy atom. The highest BCUT2D eigenvalue weighted by atomic mass is 15.2. The van der Waals surface area contributed by atoms with Gasteiger partial charge in [-0.2, -0.15) is 0 Å². The van der Waals surface area contributed by atoms with Crippen LogP contribution in [0.25, 0.3) is 0 Å². The van der Waals surface area contributed by atoms with E-state index in [2.05, 4.69) is 76.1 Å². The molecule has 1 saturated heterocycles. The largest absolute Gasteiger partial charge is 0.334 e. The van der Waals surface area contributed by atoms with E-state index in [1.165, 1.54) is 24.1 Å². The molecule has 1 aromatic carbocycles. The Hall–Kier alpha value is -2.46. The molecule has 0 aliphatic carbocycles. The van der Waals surface area contributed by atoms with Crippen LogP contribution in [0.3, 0.4) is 0 Å². The van der Waals surface area contributed by atoms with Crippen LogP contribution in [0.2, 0.25) is 0 Å². The molecule has 0 unspecified atom stereocenters. The molecule has 4 heteroatoms. The second kappa shape index (κ2) is 7.83. The summed E-state index contributed by atoms with van der Waals surface area (Å²) >= 11 is 0. The molecule has 0 saturated carbocycles. The number of aromatic nitrogens is 3. The Kier molecular flexibility index (Phi) is 5.12. The van der Waals surface area contributed by atoms with Crippen molar-refractivity contribution < 1.29 is 0 Å². The molecule has 0 radical (unpaired) electrons. The van der Waals surface area contributed by atoms with E-state index in [0.717, 1.165) is 37.6 Å². The molecule has 0 bridgehead atoms. The molecule has 4 rings (SSSR count). The molecule has 134 valence electrons. The number of nitrogens with zero attached hydrogens (tertiary/aromatic N) is 4. The van der Waals surface area contributed by atoms with Crippen molar-refractivity contribution in [2.45, 2.75) is 45.3 Å². The fraction of sp³-hybridized carbons (Fsp3) is 0.364. The minimum Gasteiger partial charge on any atom is -0.334 e. The van der Waals surface area contributed by atoms with Crippen molar-refractivity contribution in [1.82, 2.24) is 19.4 Å². The van der Waals surface area contributed by atoms with Crippen LogP contribution in [0.5, 0.6) is 0 Å². The molecule has 0 N–H and O–H groups in total. The molecule has 3 aromatic rings. The predicted molar refractivity (Wildman–Crippen MR) is 104 cm³/mol. The molecule has 0 amide bonds. The third-order valence-electron chi connectivity index (χ3n) is 5.25. The molecule has 3 heterocycles. The van der Waals surface area contributed by atoms with Gasteiger partial charge in [-0.3, -0.25) is 9.88 Å². The van der Waals surface area contributed by atoms with Gasteiger partial charge in [0.1, 0.15) is 5.82 Å². The lowest BCUT2D eigenvalue weighted by atomic mass is 10.1. The van der Waals surface area contributed by atoms with Gasteiger partial charge in [-0.05, 0) is 44.0 Å². The monoisotopic (exact) mass is 346 g/mol. The number of benzene rings is 1. The molecule has 0 spiro atoms. The van der Waals surface area contributed by atoms with E-state index in [9.17, 15) is 0 Å². The van der Waals surface area contributed by atoms with E-state index >= 15 is 0 Å². The van der Waals surface area contributed by atoms with Crippen LogP contribution in [-0.2, 0) is 19.5 Å². The highest BCUT2D eigenvalue weighted by Gasteiger charge is 2.28. The first-order valence-corrected chi connectivity index (χ1v) is 9.57. The van der Waals surface area contributed by atoms with Crippen LogP contribution in [0.4, 0.5) is 0 Å². The lowest BCUT2D eigenvalue weighted by molar-refractivity contribution is 0.235. The number of hydrogen-bond acceptors (Lipinski definition) is 3. The fourth-order valence-corrected chi connectivity index (χ4v) is 3.90. The van der Waals surface area contributed by atoms with Crippen molar-refractivity contribution in [2.75, 3.05) is 6.54 Å². The summed E-state index contributed by atoms with van der Waals surface area (Å²) in [6.45, 7) is 5.15. The standard InChI is InChI=1S/C22H26N4/c1-2-25-15-13-23-22(25)17-26-14-7-12-21(26)20-11-6-10-19(24-20)16-18-8-4-3-5-9-18/h3-6,8-11,13,15,21H,2,7,12,14,16-17H2,1H3/t21-/m1/s1. The summed E-state index contributed by atoms with van der Waals surface area (Å²) in [5.41, 5.74) is 3.66. The minimum atomic E-state index is 0.396. The number of imidazole rings is 1. The number of hydrogen-bond donors (Lipinski definition) is 0. The Labute approximate surface area is 155 Å². The Morgan fingerprint density at radius 3 is 2.81 bits per heavy atom. The van der Waals surface area contributed by atoms with Crippen molar-refractivity contribution in [3.63, 3.8) is 0 Å². The van der Waals surface area contributed by atoms with Gasteiger partial charge in [0.25, 0.3) is 0 Å². The van der Waals surface area contributed by atoms with Gasteiger partial charge in [0.2, 0.25) is 0 Å². The summed E-state index contributed by atoms with van der Waals surface area (Å²) < 4.78 is 2.23. The van der Waals surface area contributed by atoms with Crippen LogP contribution in [0.15, 0.2) is 60.9 Å². The van der Waals surface area contributed by atoms with Crippen LogP contribution >= 0.6 is 0 Å². The maximum absolute atomic E-state index is 5.00. The van der Waals surface area contributed by atoms with Crippen molar-refractivity contribution in [1.29, 1.82) is 0 Å². The summed E-state index contributed by atoms with van der Waals surface area (Å²) in [5, 5.41) is 0. The number of pyridine rings is 1. The zero-order valence-corrected chi connectivity index (χ0v) is 15.4. The molecule has 2 aromatic heterocycles. The van der Waals surface area contributed by atoms with E-state index in [1.807, 2.05) is 6.20 Å². The van der Waals surface area contributed by atoms with E-state index in [1.54, 1.807) is 0 Å². The first kappa shape index (κ1) is 17.0. The van der Waals surface area contributed by atoms with Gasteiger partial charge in [0, 0.05) is 31.1 Å². The van der Waals surface area contributed by atoms with Gasteiger partial charge in [0.05, 0.1) is 18.3 Å². The van der Waals surface area contributed by atoms with Crippen LogP contribution < -0.4 is 0 Å². The van der Waals surface area contributed by atoms with Gasteiger partial charge in [-0.25, -0.2) is 4.98 Å². The van der Waals surface area contributed by atoms with Crippen molar-refractivity contribution >= 4 is 0 Å². The van der Waals surface area contributed by atoms with Crippen LogP contribution in [0.1, 0.15) is 48.6 Å².